The first-order valence-electron chi connectivity index (χ1n) is 10.2. The lowest BCUT2D eigenvalue weighted by Gasteiger charge is -2.26. The van der Waals surface area contributed by atoms with Crippen LogP contribution in [0.1, 0.15) is 55.4 Å². The number of Topliss-reactive ketones (excluding diaryl/α,β-unsaturated/α-hetero) is 1. The van der Waals surface area contributed by atoms with Crippen LogP contribution in [-0.4, -0.2) is 25.8 Å². The Kier molecular flexibility index (Phi) is 6.81. The maximum atomic E-state index is 12.9. The molecule has 0 N–H and O–H groups in total. The molecule has 0 aliphatic heterocycles. The van der Waals surface area contributed by atoms with Gasteiger partial charge in [0, 0.05) is 22.2 Å². The number of rotatable bonds is 6. The van der Waals surface area contributed by atoms with Crippen LogP contribution in [0.25, 0.3) is 11.4 Å². The molecule has 0 radical (unpaired) electrons. The van der Waals surface area contributed by atoms with Gasteiger partial charge >= 0.3 is 0 Å². The summed E-state index contributed by atoms with van der Waals surface area (Å²) in [7, 11) is 0. The highest BCUT2D eigenvalue weighted by Crippen LogP contribution is 2.39. The number of ketones is 1. The van der Waals surface area contributed by atoms with Crippen LogP contribution in [0.3, 0.4) is 0 Å². The summed E-state index contributed by atoms with van der Waals surface area (Å²) < 4.78 is 2.19. The Morgan fingerprint density at radius 1 is 1.07 bits per heavy atom. The fourth-order valence-electron chi connectivity index (χ4n) is 3.93. The van der Waals surface area contributed by atoms with E-state index in [1.165, 1.54) is 31.0 Å². The van der Waals surface area contributed by atoms with Gasteiger partial charge in [-0.1, -0.05) is 84.6 Å². The van der Waals surface area contributed by atoms with Crippen molar-refractivity contribution in [2.45, 2.75) is 55.5 Å². The molecule has 1 fully saturated rings. The lowest BCUT2D eigenvalue weighted by molar-refractivity contribution is 0.0994. The smallest absolute Gasteiger partial charge is 0.192 e. The average molecular weight is 460 g/mol. The van der Waals surface area contributed by atoms with Crippen molar-refractivity contribution in [1.29, 1.82) is 0 Å². The van der Waals surface area contributed by atoms with E-state index in [-0.39, 0.29) is 11.0 Å². The lowest BCUT2D eigenvalue weighted by Crippen LogP contribution is -2.18. The Labute approximate surface area is 191 Å². The number of halogens is 2. The molecule has 30 heavy (non-hydrogen) atoms. The highest BCUT2D eigenvalue weighted by atomic mass is 35.5. The summed E-state index contributed by atoms with van der Waals surface area (Å²) in [5.41, 5.74) is 1.52. The van der Waals surface area contributed by atoms with Crippen molar-refractivity contribution in [1.82, 2.24) is 14.8 Å². The molecular weight excluding hydrogens is 437 g/mol. The molecule has 1 unspecified atom stereocenters. The van der Waals surface area contributed by atoms with E-state index in [0.717, 1.165) is 29.4 Å². The second kappa shape index (κ2) is 9.54. The number of carbonyl (C=O) groups is 1. The molecule has 0 spiro atoms. The molecule has 4 rings (SSSR count). The molecule has 3 aromatic rings. The average Bonchev–Trinajstić information content (AvgIpc) is 3.17. The molecule has 1 atom stereocenters. The Hall–Kier alpha value is -1.82. The molecule has 2 aromatic carbocycles. The van der Waals surface area contributed by atoms with Gasteiger partial charge in [-0.2, -0.15) is 0 Å². The first-order valence-corrected chi connectivity index (χ1v) is 11.8. The van der Waals surface area contributed by atoms with Gasteiger partial charge in [0.1, 0.15) is 0 Å². The summed E-state index contributed by atoms with van der Waals surface area (Å²) in [6, 6.07) is 15.1. The molecule has 7 heteroatoms. The van der Waals surface area contributed by atoms with Crippen LogP contribution >= 0.6 is 35.0 Å². The van der Waals surface area contributed by atoms with Gasteiger partial charge < -0.3 is 0 Å². The lowest BCUT2D eigenvalue weighted by atomic mass is 9.95. The van der Waals surface area contributed by atoms with Gasteiger partial charge in [-0.3, -0.25) is 9.36 Å². The highest BCUT2D eigenvalue weighted by molar-refractivity contribution is 8.00. The van der Waals surface area contributed by atoms with Gasteiger partial charge in [0.15, 0.2) is 16.8 Å². The summed E-state index contributed by atoms with van der Waals surface area (Å²) in [5.74, 6) is 0.829. The fourth-order valence-corrected chi connectivity index (χ4v) is 5.42. The maximum Gasteiger partial charge on any atom is 0.192 e. The van der Waals surface area contributed by atoms with Crippen molar-refractivity contribution in [3.05, 3.63) is 64.1 Å². The van der Waals surface area contributed by atoms with E-state index >= 15 is 0 Å². The van der Waals surface area contributed by atoms with Gasteiger partial charge in [0.05, 0.1) is 10.3 Å². The Morgan fingerprint density at radius 3 is 2.50 bits per heavy atom. The predicted molar refractivity (Wildman–Crippen MR) is 124 cm³/mol. The third-order valence-corrected chi connectivity index (χ3v) is 7.09. The molecule has 1 aliphatic rings. The summed E-state index contributed by atoms with van der Waals surface area (Å²) in [6.07, 6.45) is 5.76. The SMILES string of the molecule is CC(Sc1nnc(-c2ccc(Cl)cc2Cl)n1C1CCCCC1)C(=O)c1ccccc1. The third-order valence-electron chi connectivity index (χ3n) is 5.49. The second-order valence-corrected chi connectivity index (χ2v) is 9.73. The normalized spacial score (nSPS) is 15.8. The zero-order valence-corrected chi connectivity index (χ0v) is 19.1. The molecule has 0 amide bonds. The van der Waals surface area contributed by atoms with Crippen molar-refractivity contribution in [3.8, 4) is 11.4 Å². The van der Waals surface area contributed by atoms with Gasteiger partial charge in [-0.05, 0) is 38.0 Å². The summed E-state index contributed by atoms with van der Waals surface area (Å²) in [6.45, 7) is 1.93. The molecule has 1 heterocycles. The molecule has 4 nitrogen and oxygen atoms in total. The minimum absolute atomic E-state index is 0.0878. The molecule has 1 saturated carbocycles. The largest absolute Gasteiger partial charge is 0.299 e. The van der Waals surface area contributed by atoms with E-state index in [1.54, 1.807) is 6.07 Å². The van der Waals surface area contributed by atoms with Crippen LogP contribution in [0.2, 0.25) is 10.0 Å². The first kappa shape index (κ1) is 21.4. The number of nitrogens with zero attached hydrogens (tertiary/aromatic N) is 3. The molecule has 1 aliphatic carbocycles. The molecule has 0 saturated heterocycles. The Morgan fingerprint density at radius 2 is 1.80 bits per heavy atom. The number of aromatic nitrogens is 3. The van der Waals surface area contributed by atoms with Crippen LogP contribution in [0.4, 0.5) is 0 Å². The number of benzene rings is 2. The molecule has 0 bridgehead atoms. The predicted octanol–water partition coefficient (Wildman–Crippen LogP) is 7.12. The van der Waals surface area contributed by atoms with Gasteiger partial charge in [0.2, 0.25) is 0 Å². The number of thioether (sulfide) groups is 1. The van der Waals surface area contributed by atoms with Gasteiger partial charge in [-0.15, -0.1) is 10.2 Å². The van der Waals surface area contributed by atoms with E-state index in [1.807, 2.05) is 49.4 Å². The zero-order chi connectivity index (χ0) is 21.1. The maximum absolute atomic E-state index is 12.9. The molecule has 156 valence electrons. The standard InChI is InChI=1S/C23H23Cl2N3OS/c1-15(21(29)16-8-4-2-5-9-16)30-23-27-26-22(19-13-12-17(24)14-20(19)25)28(23)18-10-6-3-7-11-18/h2,4-5,8-9,12-15,18H,3,6-7,10-11H2,1H3. The highest BCUT2D eigenvalue weighted by Gasteiger charge is 2.27. The number of hydrogen-bond donors (Lipinski definition) is 0. The van der Waals surface area contributed by atoms with Crippen molar-refractivity contribution in [2.24, 2.45) is 0 Å². The summed E-state index contributed by atoms with van der Waals surface area (Å²) >= 11 is 14.0. The fraction of sp³-hybridized carbons (Fsp3) is 0.348. The summed E-state index contributed by atoms with van der Waals surface area (Å²) in [4.78, 5) is 12.9. The van der Waals surface area contributed by atoms with E-state index in [9.17, 15) is 4.79 Å². The van der Waals surface area contributed by atoms with Crippen molar-refractivity contribution >= 4 is 40.7 Å². The topological polar surface area (TPSA) is 47.8 Å². The monoisotopic (exact) mass is 459 g/mol. The van der Waals surface area contributed by atoms with Crippen molar-refractivity contribution in [2.75, 3.05) is 0 Å². The van der Waals surface area contributed by atoms with E-state index in [4.69, 9.17) is 23.2 Å². The van der Waals surface area contributed by atoms with Crippen LogP contribution < -0.4 is 0 Å². The van der Waals surface area contributed by atoms with E-state index < -0.39 is 0 Å². The first-order chi connectivity index (χ1) is 14.5. The number of carbonyl (C=O) groups excluding carboxylic acids is 1. The van der Waals surface area contributed by atoms with Crippen LogP contribution in [0, 0.1) is 0 Å². The zero-order valence-electron chi connectivity index (χ0n) is 16.7. The van der Waals surface area contributed by atoms with Crippen LogP contribution in [0.15, 0.2) is 53.7 Å². The minimum Gasteiger partial charge on any atom is -0.299 e. The number of hydrogen-bond acceptors (Lipinski definition) is 4. The molecule has 1 aromatic heterocycles. The van der Waals surface area contributed by atoms with Crippen molar-refractivity contribution in [3.63, 3.8) is 0 Å². The Bertz CT molecular complexity index is 1030. The summed E-state index contributed by atoms with van der Waals surface area (Å²) in [5, 5.41) is 10.6. The third kappa shape index (κ3) is 4.58. The van der Waals surface area contributed by atoms with Gasteiger partial charge in [0.25, 0.3) is 0 Å². The van der Waals surface area contributed by atoms with Crippen LogP contribution in [0.5, 0.6) is 0 Å². The minimum atomic E-state index is -0.271. The van der Waals surface area contributed by atoms with Crippen LogP contribution in [-0.2, 0) is 0 Å². The Balaban J connectivity index is 1.69. The van der Waals surface area contributed by atoms with Gasteiger partial charge in [-0.25, -0.2) is 0 Å². The quantitative estimate of drug-likeness (QED) is 0.290. The molecular formula is C23H23Cl2N3OS. The second-order valence-electron chi connectivity index (χ2n) is 7.58. The van der Waals surface area contributed by atoms with E-state index in [0.29, 0.717) is 21.7 Å². The van der Waals surface area contributed by atoms with Crippen molar-refractivity contribution < 1.29 is 4.79 Å². The van der Waals surface area contributed by atoms with E-state index in [2.05, 4.69) is 14.8 Å².